The standard InChI is InChI=1S/C71H50N2/c1-71(2)66-35-19-18-34-59(66)60-40-37-49(44-67(60)71)69-61-41-38-53(72(50-24-6-3-7-25-50)51-26-8-4-9-27-51)45-65(61)70(63-43-48-22-13-14-30-55(48)57-32-16-17-33-58(57)63)62-42-39-54(46-64(62)69)73(52-28-10-5-11-29-52)68-36-20-23-47-21-12-15-31-56(47)68/h3-46H,1-2H3. The van der Waals surface area contributed by atoms with Gasteiger partial charge in [-0.1, -0.05) is 202 Å². The number of hydrogen-bond donors (Lipinski definition) is 0. The summed E-state index contributed by atoms with van der Waals surface area (Å²) < 4.78 is 0. The maximum atomic E-state index is 2.51. The summed E-state index contributed by atoms with van der Waals surface area (Å²) in [7, 11) is 0. The number of hydrogen-bond acceptors (Lipinski definition) is 2. The maximum Gasteiger partial charge on any atom is 0.0540 e. The van der Waals surface area contributed by atoms with E-state index < -0.39 is 0 Å². The predicted molar refractivity (Wildman–Crippen MR) is 312 cm³/mol. The van der Waals surface area contributed by atoms with E-state index in [2.05, 4.69) is 291 Å². The zero-order chi connectivity index (χ0) is 48.6. The molecule has 0 aromatic heterocycles. The van der Waals surface area contributed by atoms with Gasteiger partial charge < -0.3 is 9.80 Å². The van der Waals surface area contributed by atoms with Gasteiger partial charge in [0.1, 0.15) is 0 Å². The third kappa shape index (κ3) is 6.86. The van der Waals surface area contributed by atoms with Crippen LogP contribution >= 0.6 is 0 Å². The summed E-state index contributed by atoms with van der Waals surface area (Å²) in [4.78, 5) is 4.84. The molecule has 0 saturated heterocycles. The molecule has 2 nitrogen and oxygen atoms in total. The van der Waals surface area contributed by atoms with E-state index >= 15 is 0 Å². The number of rotatable bonds is 8. The average molecular weight is 931 g/mol. The van der Waals surface area contributed by atoms with Crippen LogP contribution in [-0.2, 0) is 5.41 Å². The Labute approximate surface area is 426 Å². The van der Waals surface area contributed by atoms with Gasteiger partial charge in [-0.2, -0.15) is 0 Å². The lowest BCUT2D eigenvalue weighted by molar-refractivity contribution is 0.660. The van der Waals surface area contributed by atoms with Gasteiger partial charge in [0.2, 0.25) is 0 Å². The first-order valence-electron chi connectivity index (χ1n) is 25.4. The first-order chi connectivity index (χ1) is 36.0. The molecule has 14 rings (SSSR count). The van der Waals surface area contributed by atoms with Crippen LogP contribution in [0.3, 0.4) is 0 Å². The van der Waals surface area contributed by atoms with Crippen molar-refractivity contribution in [2.24, 2.45) is 0 Å². The summed E-state index contributed by atoms with van der Waals surface area (Å²) in [5, 5.41) is 12.1. The van der Waals surface area contributed by atoms with Crippen molar-refractivity contribution in [3.05, 3.63) is 278 Å². The van der Waals surface area contributed by atoms with Gasteiger partial charge in [-0.15, -0.1) is 0 Å². The first-order valence-corrected chi connectivity index (χ1v) is 25.4. The molecule has 344 valence electrons. The van der Waals surface area contributed by atoms with Crippen molar-refractivity contribution in [3.8, 4) is 33.4 Å². The number of anilines is 6. The van der Waals surface area contributed by atoms with Crippen molar-refractivity contribution < 1.29 is 0 Å². The zero-order valence-electron chi connectivity index (χ0n) is 40.8. The summed E-state index contributed by atoms with van der Waals surface area (Å²) in [6.07, 6.45) is 0. The Morgan fingerprint density at radius 2 is 0.767 bits per heavy atom. The SMILES string of the molecule is CC1(C)c2ccccc2-c2ccc(-c3c4cc(N(c5ccccc5)c5cccc6ccccc56)ccc4c(-c4cc5ccccc5c5ccccc45)c4cc(N(c5ccccc5)c5ccccc5)ccc34)cc21. The van der Waals surface area contributed by atoms with Crippen LogP contribution in [0.4, 0.5) is 34.1 Å². The van der Waals surface area contributed by atoms with Crippen LogP contribution in [-0.4, -0.2) is 0 Å². The molecule has 0 fully saturated rings. The summed E-state index contributed by atoms with van der Waals surface area (Å²) in [5.74, 6) is 0. The normalized spacial score (nSPS) is 12.6. The van der Waals surface area contributed by atoms with E-state index in [0.717, 1.165) is 34.1 Å². The Bertz CT molecular complexity index is 4240. The van der Waals surface area contributed by atoms with Crippen LogP contribution in [0, 0.1) is 0 Å². The first kappa shape index (κ1) is 42.6. The lowest BCUT2D eigenvalue weighted by atomic mass is 9.80. The Morgan fingerprint density at radius 1 is 0.260 bits per heavy atom. The van der Waals surface area contributed by atoms with Crippen molar-refractivity contribution >= 4 is 88.0 Å². The second-order valence-electron chi connectivity index (χ2n) is 20.0. The van der Waals surface area contributed by atoms with Crippen molar-refractivity contribution in [2.75, 3.05) is 9.80 Å². The molecule has 0 N–H and O–H groups in total. The van der Waals surface area contributed by atoms with Crippen LogP contribution in [0.5, 0.6) is 0 Å². The summed E-state index contributed by atoms with van der Waals surface area (Å²) in [6.45, 7) is 4.78. The van der Waals surface area contributed by atoms with E-state index in [1.165, 1.54) is 98.4 Å². The van der Waals surface area contributed by atoms with Crippen LogP contribution < -0.4 is 9.80 Å². The molecule has 1 aliphatic carbocycles. The summed E-state index contributed by atoms with van der Waals surface area (Å²) >= 11 is 0. The molecule has 13 aromatic rings. The average Bonchev–Trinajstić information content (AvgIpc) is 3.68. The maximum absolute atomic E-state index is 2.51. The fourth-order valence-corrected chi connectivity index (χ4v) is 12.2. The Balaban J connectivity index is 1.14. The van der Waals surface area contributed by atoms with Crippen molar-refractivity contribution in [3.63, 3.8) is 0 Å². The smallest absolute Gasteiger partial charge is 0.0540 e. The topological polar surface area (TPSA) is 6.48 Å². The molecule has 13 aromatic carbocycles. The van der Waals surface area contributed by atoms with Gasteiger partial charge in [0, 0.05) is 39.2 Å². The molecule has 1 aliphatic rings. The third-order valence-electron chi connectivity index (χ3n) is 15.6. The molecule has 0 aliphatic heterocycles. The van der Waals surface area contributed by atoms with E-state index in [-0.39, 0.29) is 5.41 Å². The van der Waals surface area contributed by atoms with Gasteiger partial charge in [0.25, 0.3) is 0 Å². The molecular formula is C71H50N2. The monoisotopic (exact) mass is 930 g/mol. The molecule has 0 bridgehead atoms. The molecule has 0 amide bonds. The van der Waals surface area contributed by atoms with E-state index in [4.69, 9.17) is 0 Å². The summed E-state index contributed by atoms with van der Waals surface area (Å²) in [6, 6.07) is 98.8. The Kier molecular flexibility index (Phi) is 9.91. The molecule has 73 heavy (non-hydrogen) atoms. The highest BCUT2D eigenvalue weighted by atomic mass is 15.1. The lowest BCUT2D eigenvalue weighted by Gasteiger charge is -2.29. The number of benzene rings is 13. The fraction of sp³-hybridized carbons (Fsp3) is 0.0423. The van der Waals surface area contributed by atoms with Crippen molar-refractivity contribution in [1.29, 1.82) is 0 Å². The second-order valence-corrected chi connectivity index (χ2v) is 20.0. The molecule has 0 heterocycles. The lowest BCUT2D eigenvalue weighted by Crippen LogP contribution is -2.14. The summed E-state index contributed by atoms with van der Waals surface area (Å²) in [5.41, 5.74) is 16.7. The minimum Gasteiger partial charge on any atom is -0.310 e. The highest BCUT2D eigenvalue weighted by molar-refractivity contribution is 6.27. The number of para-hydroxylation sites is 3. The van der Waals surface area contributed by atoms with Crippen LogP contribution in [0.1, 0.15) is 25.0 Å². The van der Waals surface area contributed by atoms with E-state index in [0.29, 0.717) is 0 Å². The van der Waals surface area contributed by atoms with Crippen molar-refractivity contribution in [1.82, 2.24) is 0 Å². The second kappa shape index (κ2) is 17.0. The molecule has 0 saturated carbocycles. The van der Waals surface area contributed by atoms with Gasteiger partial charge in [-0.05, 0) is 172 Å². The van der Waals surface area contributed by atoms with Crippen LogP contribution in [0.2, 0.25) is 0 Å². The van der Waals surface area contributed by atoms with E-state index in [1.54, 1.807) is 0 Å². The van der Waals surface area contributed by atoms with Gasteiger partial charge in [0.05, 0.1) is 5.69 Å². The fourth-order valence-electron chi connectivity index (χ4n) is 12.2. The van der Waals surface area contributed by atoms with Gasteiger partial charge in [0.15, 0.2) is 0 Å². The highest BCUT2D eigenvalue weighted by Crippen LogP contribution is 2.54. The molecule has 0 atom stereocenters. The van der Waals surface area contributed by atoms with Crippen molar-refractivity contribution in [2.45, 2.75) is 19.3 Å². The Morgan fingerprint density at radius 3 is 1.47 bits per heavy atom. The quantitative estimate of drug-likeness (QED) is 0.111. The minimum atomic E-state index is -0.180. The van der Waals surface area contributed by atoms with Gasteiger partial charge in [-0.3, -0.25) is 0 Å². The van der Waals surface area contributed by atoms with E-state index in [9.17, 15) is 0 Å². The Hall–Kier alpha value is -9.24. The van der Waals surface area contributed by atoms with Gasteiger partial charge >= 0.3 is 0 Å². The predicted octanol–water partition coefficient (Wildman–Crippen LogP) is 20.0. The number of fused-ring (bicyclic) bond motifs is 9. The van der Waals surface area contributed by atoms with Gasteiger partial charge in [-0.25, -0.2) is 0 Å². The van der Waals surface area contributed by atoms with Crippen LogP contribution in [0.15, 0.2) is 267 Å². The molecule has 2 heteroatoms. The molecule has 0 unspecified atom stereocenters. The zero-order valence-corrected chi connectivity index (χ0v) is 40.8. The third-order valence-corrected chi connectivity index (χ3v) is 15.6. The molecular weight excluding hydrogens is 881 g/mol. The highest BCUT2D eigenvalue weighted by Gasteiger charge is 2.36. The number of nitrogens with zero attached hydrogens (tertiary/aromatic N) is 2. The van der Waals surface area contributed by atoms with Crippen LogP contribution in [0.25, 0.3) is 87.2 Å². The minimum absolute atomic E-state index is 0.180. The molecule has 0 radical (unpaired) electrons. The molecule has 0 spiro atoms. The van der Waals surface area contributed by atoms with E-state index in [1.807, 2.05) is 0 Å². The largest absolute Gasteiger partial charge is 0.310 e.